The SMILES string of the molecule is COc1ccc(CN2CCN(Cc3ccc(F)c(F)c3)[C@@H](CCO)C2)c(C)c1C. The third-order valence-electron chi connectivity index (χ3n) is 5.98. The van der Waals surface area contributed by atoms with Gasteiger partial charge in [-0.05, 0) is 60.7 Å². The van der Waals surface area contributed by atoms with Gasteiger partial charge in [0, 0.05) is 45.4 Å². The topological polar surface area (TPSA) is 35.9 Å². The van der Waals surface area contributed by atoms with Crippen molar-refractivity contribution in [3.05, 3.63) is 64.2 Å². The quantitative estimate of drug-likeness (QED) is 0.764. The number of hydrogen-bond acceptors (Lipinski definition) is 4. The van der Waals surface area contributed by atoms with Crippen molar-refractivity contribution in [2.45, 2.75) is 39.4 Å². The molecule has 4 nitrogen and oxygen atoms in total. The first-order valence-corrected chi connectivity index (χ1v) is 10.1. The highest BCUT2D eigenvalue weighted by Gasteiger charge is 2.27. The molecule has 0 aliphatic carbocycles. The molecular formula is C23H30F2N2O2. The van der Waals surface area contributed by atoms with Crippen molar-refractivity contribution in [2.75, 3.05) is 33.4 Å². The Balaban J connectivity index is 1.68. The van der Waals surface area contributed by atoms with Crippen LogP contribution in [0.15, 0.2) is 30.3 Å². The number of nitrogens with zero attached hydrogens (tertiary/aromatic N) is 2. The number of methoxy groups -OCH3 is 1. The van der Waals surface area contributed by atoms with E-state index in [1.54, 1.807) is 13.2 Å². The normalized spacial score (nSPS) is 18.2. The molecule has 0 spiro atoms. The number of piperazine rings is 1. The van der Waals surface area contributed by atoms with Gasteiger partial charge in [0.25, 0.3) is 0 Å². The maximum Gasteiger partial charge on any atom is 0.159 e. The predicted octanol–water partition coefficient (Wildman–Crippen LogP) is 3.66. The largest absolute Gasteiger partial charge is 0.496 e. The fourth-order valence-electron chi connectivity index (χ4n) is 4.09. The minimum atomic E-state index is -0.823. The number of aliphatic hydroxyl groups is 1. The molecule has 0 radical (unpaired) electrons. The van der Waals surface area contributed by atoms with Gasteiger partial charge in [-0.25, -0.2) is 8.78 Å². The van der Waals surface area contributed by atoms with E-state index in [9.17, 15) is 13.9 Å². The van der Waals surface area contributed by atoms with Crippen LogP contribution in [0.25, 0.3) is 0 Å². The van der Waals surface area contributed by atoms with Crippen LogP contribution in [-0.4, -0.2) is 54.3 Å². The minimum absolute atomic E-state index is 0.105. The lowest BCUT2D eigenvalue weighted by atomic mass is 10.0. The number of rotatable bonds is 7. The van der Waals surface area contributed by atoms with E-state index in [2.05, 4.69) is 29.7 Å². The third kappa shape index (κ3) is 5.13. The van der Waals surface area contributed by atoms with E-state index in [0.717, 1.165) is 43.1 Å². The Morgan fingerprint density at radius 1 is 1.03 bits per heavy atom. The molecule has 0 unspecified atom stereocenters. The molecule has 1 aliphatic heterocycles. The highest BCUT2D eigenvalue weighted by Crippen LogP contribution is 2.26. The van der Waals surface area contributed by atoms with Crippen LogP contribution in [-0.2, 0) is 13.1 Å². The van der Waals surface area contributed by atoms with Gasteiger partial charge in [0.05, 0.1) is 7.11 Å². The van der Waals surface area contributed by atoms with Gasteiger partial charge in [-0.3, -0.25) is 9.80 Å². The molecule has 0 aromatic heterocycles. The molecule has 1 heterocycles. The molecule has 0 bridgehead atoms. The number of halogens is 2. The first-order chi connectivity index (χ1) is 13.9. The second-order valence-corrected chi connectivity index (χ2v) is 7.80. The number of aliphatic hydroxyl groups excluding tert-OH is 1. The lowest BCUT2D eigenvalue weighted by molar-refractivity contribution is 0.0498. The lowest BCUT2D eigenvalue weighted by Crippen LogP contribution is -2.52. The van der Waals surface area contributed by atoms with E-state index >= 15 is 0 Å². The van der Waals surface area contributed by atoms with Crippen molar-refractivity contribution < 1.29 is 18.6 Å². The molecule has 6 heteroatoms. The summed E-state index contributed by atoms with van der Waals surface area (Å²) in [5.41, 5.74) is 4.43. The summed E-state index contributed by atoms with van der Waals surface area (Å²) in [5.74, 6) is -0.735. The summed E-state index contributed by atoms with van der Waals surface area (Å²) >= 11 is 0. The molecule has 2 aromatic rings. The molecule has 1 saturated heterocycles. The van der Waals surface area contributed by atoms with Crippen LogP contribution in [0.5, 0.6) is 5.75 Å². The zero-order valence-electron chi connectivity index (χ0n) is 17.4. The van der Waals surface area contributed by atoms with Gasteiger partial charge in [-0.2, -0.15) is 0 Å². The van der Waals surface area contributed by atoms with Gasteiger partial charge in [0.2, 0.25) is 0 Å². The second-order valence-electron chi connectivity index (χ2n) is 7.80. The highest BCUT2D eigenvalue weighted by molar-refractivity contribution is 5.43. The van der Waals surface area contributed by atoms with Crippen LogP contribution in [0.4, 0.5) is 8.78 Å². The molecule has 1 atom stereocenters. The van der Waals surface area contributed by atoms with Gasteiger partial charge in [0.1, 0.15) is 5.75 Å². The summed E-state index contributed by atoms with van der Waals surface area (Å²) in [6, 6.07) is 8.38. The van der Waals surface area contributed by atoms with E-state index in [0.29, 0.717) is 13.0 Å². The Labute approximate surface area is 171 Å². The van der Waals surface area contributed by atoms with Gasteiger partial charge in [-0.15, -0.1) is 0 Å². The van der Waals surface area contributed by atoms with Gasteiger partial charge < -0.3 is 9.84 Å². The molecule has 1 fully saturated rings. The monoisotopic (exact) mass is 404 g/mol. The summed E-state index contributed by atoms with van der Waals surface area (Å²) < 4.78 is 32.2. The van der Waals surface area contributed by atoms with Gasteiger partial charge in [0.15, 0.2) is 11.6 Å². The molecule has 1 N–H and O–H groups in total. The van der Waals surface area contributed by atoms with Gasteiger partial charge >= 0.3 is 0 Å². The van der Waals surface area contributed by atoms with Crippen LogP contribution in [0.3, 0.4) is 0 Å². The lowest BCUT2D eigenvalue weighted by Gasteiger charge is -2.41. The zero-order chi connectivity index (χ0) is 21.0. The van der Waals surface area contributed by atoms with Crippen LogP contribution in [0.1, 0.15) is 28.7 Å². The summed E-state index contributed by atoms with van der Waals surface area (Å²) in [6.45, 7) is 8.23. The van der Waals surface area contributed by atoms with Crippen molar-refractivity contribution in [3.63, 3.8) is 0 Å². The van der Waals surface area contributed by atoms with Crippen molar-refractivity contribution in [1.82, 2.24) is 9.80 Å². The Morgan fingerprint density at radius 2 is 1.83 bits per heavy atom. The van der Waals surface area contributed by atoms with E-state index in [1.807, 2.05) is 6.07 Å². The fraction of sp³-hybridized carbons (Fsp3) is 0.478. The molecule has 2 aromatic carbocycles. The first-order valence-electron chi connectivity index (χ1n) is 10.1. The van der Waals surface area contributed by atoms with E-state index in [-0.39, 0.29) is 12.6 Å². The first kappa shape index (κ1) is 21.7. The average Bonchev–Trinajstić information content (AvgIpc) is 2.70. The van der Waals surface area contributed by atoms with Crippen molar-refractivity contribution in [1.29, 1.82) is 0 Å². The van der Waals surface area contributed by atoms with Crippen LogP contribution in [0, 0.1) is 25.5 Å². The standard InChI is InChI=1S/C23H30F2N2O2/c1-16-17(2)23(29-3)7-5-19(16)14-26-9-10-27(20(15-26)8-11-28)13-18-4-6-21(24)22(25)12-18/h4-7,12,20,28H,8-11,13-15H2,1-3H3/t20-/m0/s1. The molecule has 0 amide bonds. The molecule has 3 rings (SSSR count). The number of benzene rings is 2. The predicted molar refractivity (Wildman–Crippen MR) is 110 cm³/mol. The fourth-order valence-corrected chi connectivity index (χ4v) is 4.09. The van der Waals surface area contributed by atoms with Gasteiger partial charge in [-0.1, -0.05) is 12.1 Å². The highest BCUT2D eigenvalue weighted by atomic mass is 19.2. The Hall–Kier alpha value is -2.02. The molecule has 158 valence electrons. The second kappa shape index (κ2) is 9.65. The summed E-state index contributed by atoms with van der Waals surface area (Å²) in [7, 11) is 1.69. The number of hydrogen-bond donors (Lipinski definition) is 1. The minimum Gasteiger partial charge on any atom is -0.496 e. The zero-order valence-corrected chi connectivity index (χ0v) is 17.4. The van der Waals surface area contributed by atoms with Crippen LogP contribution in [0.2, 0.25) is 0 Å². The molecular weight excluding hydrogens is 374 g/mol. The Bertz CT molecular complexity index is 844. The van der Waals surface area contributed by atoms with Crippen molar-refractivity contribution in [3.8, 4) is 5.75 Å². The summed E-state index contributed by atoms with van der Waals surface area (Å²) in [6.07, 6.45) is 0.654. The van der Waals surface area contributed by atoms with Crippen LogP contribution >= 0.6 is 0 Å². The summed E-state index contributed by atoms with van der Waals surface area (Å²) in [4.78, 5) is 4.65. The smallest absolute Gasteiger partial charge is 0.159 e. The summed E-state index contributed by atoms with van der Waals surface area (Å²) in [5, 5.41) is 9.53. The van der Waals surface area contributed by atoms with E-state index < -0.39 is 11.6 Å². The van der Waals surface area contributed by atoms with E-state index in [4.69, 9.17) is 4.74 Å². The number of ether oxygens (including phenoxy) is 1. The average molecular weight is 405 g/mol. The molecule has 29 heavy (non-hydrogen) atoms. The maximum absolute atomic E-state index is 13.6. The molecule has 0 saturated carbocycles. The maximum atomic E-state index is 13.6. The third-order valence-corrected chi connectivity index (χ3v) is 5.98. The van der Waals surface area contributed by atoms with Crippen LogP contribution < -0.4 is 4.74 Å². The Kier molecular flexibility index (Phi) is 7.22. The van der Waals surface area contributed by atoms with Crippen molar-refractivity contribution in [2.24, 2.45) is 0 Å². The van der Waals surface area contributed by atoms with E-state index in [1.165, 1.54) is 23.3 Å². The van der Waals surface area contributed by atoms with Crippen molar-refractivity contribution >= 4 is 0 Å². The Morgan fingerprint density at radius 3 is 2.52 bits per heavy atom. The molecule has 1 aliphatic rings.